The molecule has 15 heteroatoms. The smallest absolute Gasteiger partial charge is 0.264 e. The highest BCUT2D eigenvalue weighted by molar-refractivity contribution is 9.10. The molecule has 1 saturated heterocycles. The number of carbonyl (C=O) groups is 2. The molecule has 3 aliphatic heterocycles. The van der Waals surface area contributed by atoms with Crippen molar-refractivity contribution < 1.29 is 34.1 Å². The predicted molar refractivity (Wildman–Crippen MR) is 223 cm³/mol. The number of amides is 2. The van der Waals surface area contributed by atoms with E-state index in [4.69, 9.17) is 9.47 Å². The third-order valence-corrected chi connectivity index (χ3v) is 14.6. The van der Waals surface area contributed by atoms with Crippen molar-refractivity contribution in [2.75, 3.05) is 36.2 Å². The van der Waals surface area contributed by atoms with Crippen LogP contribution in [0, 0.1) is 5.92 Å². The Morgan fingerprint density at radius 1 is 1.05 bits per heavy atom. The van der Waals surface area contributed by atoms with Crippen molar-refractivity contribution in [2.24, 2.45) is 5.92 Å². The Kier molecular flexibility index (Phi) is 12.4. The summed E-state index contributed by atoms with van der Waals surface area (Å²) in [7, 11) is -2.89. The number of anilines is 3. The van der Waals surface area contributed by atoms with Gasteiger partial charge in [-0.05, 0) is 112 Å². The van der Waals surface area contributed by atoms with Crippen molar-refractivity contribution in [3.63, 3.8) is 0 Å². The molecular formula is C42H53BrN6O7Si. The van der Waals surface area contributed by atoms with Gasteiger partial charge in [0.15, 0.2) is 13.9 Å². The number of rotatable bonds is 16. The van der Waals surface area contributed by atoms with Crippen LogP contribution in [-0.4, -0.2) is 88.6 Å². The molecule has 5 atom stereocenters. The Labute approximate surface area is 343 Å². The predicted octanol–water partition coefficient (Wildman–Crippen LogP) is 5.36. The number of aromatic nitrogens is 3. The van der Waals surface area contributed by atoms with E-state index >= 15 is 4.79 Å². The number of nitrogens with zero attached hydrogens (tertiary/aromatic N) is 5. The average molecular weight is 862 g/mol. The van der Waals surface area contributed by atoms with Gasteiger partial charge in [0.1, 0.15) is 5.75 Å². The minimum Gasteiger partial charge on any atom is -0.494 e. The number of unbranched alkanes of at least 4 members (excludes halogenated alkanes) is 1. The van der Waals surface area contributed by atoms with Crippen LogP contribution in [0.3, 0.4) is 0 Å². The zero-order chi connectivity index (χ0) is 40.5. The Morgan fingerprint density at radius 3 is 2.61 bits per heavy atom. The molecular weight excluding hydrogens is 808 g/mol. The lowest BCUT2D eigenvalue weighted by atomic mass is 9.82. The quantitative estimate of drug-likeness (QED) is 0.0853. The van der Waals surface area contributed by atoms with Crippen LogP contribution < -0.4 is 19.9 Å². The number of carbonyl (C=O) groups excluding carboxylic acids is 2. The SMILES string of the molecule is CCOc1ccc2c(c1)CC(NCCCCO)C(=O)N2c1cccc(CN2C(=O)[C@]3(O[C@H](CCn4cc(CCO)nn4)[C@@H]([Si](C)(C)O)[C@@H]3C)c3cc(Br)ccc32)c1. The molecule has 1 unspecified atom stereocenters. The molecule has 1 spiro atoms. The van der Waals surface area contributed by atoms with E-state index in [2.05, 4.69) is 31.6 Å². The van der Waals surface area contributed by atoms with E-state index in [0.29, 0.717) is 56.8 Å². The summed E-state index contributed by atoms with van der Waals surface area (Å²) in [4.78, 5) is 44.7. The zero-order valence-corrected chi connectivity index (χ0v) is 35.6. The van der Waals surface area contributed by atoms with Gasteiger partial charge in [-0.2, -0.15) is 0 Å². The van der Waals surface area contributed by atoms with Crippen molar-refractivity contribution >= 4 is 53.1 Å². The van der Waals surface area contributed by atoms with Crippen LogP contribution in [0.4, 0.5) is 17.1 Å². The maximum absolute atomic E-state index is 15.1. The van der Waals surface area contributed by atoms with Crippen LogP contribution in [-0.2, 0) is 45.9 Å². The van der Waals surface area contributed by atoms with Gasteiger partial charge in [0, 0.05) is 59.6 Å². The van der Waals surface area contributed by atoms with E-state index in [1.54, 1.807) is 14.5 Å². The summed E-state index contributed by atoms with van der Waals surface area (Å²) >= 11 is 3.66. The Morgan fingerprint density at radius 2 is 1.86 bits per heavy atom. The molecule has 4 aromatic rings. The number of ether oxygens (including phenoxy) is 2. The van der Waals surface area contributed by atoms with Gasteiger partial charge in [-0.25, -0.2) is 0 Å². The highest BCUT2D eigenvalue weighted by atomic mass is 79.9. The summed E-state index contributed by atoms with van der Waals surface area (Å²) in [5, 5.41) is 30.5. The average Bonchev–Trinajstić information content (AvgIpc) is 3.82. The summed E-state index contributed by atoms with van der Waals surface area (Å²) in [6.07, 6.45) is 4.24. The summed E-state index contributed by atoms with van der Waals surface area (Å²) in [5.41, 5.74) is 3.94. The van der Waals surface area contributed by atoms with Crippen molar-refractivity contribution in [1.29, 1.82) is 0 Å². The summed E-state index contributed by atoms with van der Waals surface area (Å²) in [5.74, 6) is 0.157. The molecule has 2 amide bonds. The number of hydrogen-bond acceptors (Lipinski definition) is 10. The molecule has 0 saturated carbocycles. The summed E-state index contributed by atoms with van der Waals surface area (Å²) in [6, 6.07) is 19.0. The van der Waals surface area contributed by atoms with Gasteiger partial charge < -0.3 is 34.7 Å². The molecule has 13 nitrogen and oxygen atoms in total. The molecule has 7 rings (SSSR count). The molecule has 1 aromatic heterocycles. The standard InChI is InChI=1S/C42H53BrN6O7Si/c1-5-55-33-12-14-36-29(22-33)23-35(44-17-6-7-19-50)40(52)49(36)32-10-8-9-28(21-32)25-48-37-13-11-30(43)24-34(37)42(41(48)53)27(2)39(57(3,4)54)38(56-42)15-18-47-26-31(16-20-51)45-46-47/h8-14,21-22,24,26-27,35,38-39,44,50-51,54H,5-7,15-20,23,25H2,1-4H3/t27-,35?,38+,39-,42+/m0/s1. The monoisotopic (exact) mass is 860 g/mol. The van der Waals surface area contributed by atoms with E-state index < -0.39 is 26.1 Å². The molecule has 304 valence electrons. The van der Waals surface area contributed by atoms with Gasteiger partial charge in [-0.3, -0.25) is 19.2 Å². The van der Waals surface area contributed by atoms with Gasteiger partial charge in [0.2, 0.25) is 5.91 Å². The van der Waals surface area contributed by atoms with Crippen LogP contribution in [0.5, 0.6) is 5.75 Å². The first-order chi connectivity index (χ1) is 27.4. The fourth-order valence-corrected chi connectivity index (χ4v) is 12.1. The molecule has 0 radical (unpaired) electrons. The van der Waals surface area contributed by atoms with E-state index in [-0.39, 0.29) is 43.0 Å². The number of halogens is 1. The first-order valence-electron chi connectivity index (χ1n) is 19.9. The second-order valence-corrected chi connectivity index (χ2v) is 20.7. The fraction of sp³-hybridized carbons (Fsp3) is 0.476. The number of aliphatic hydroxyl groups excluding tert-OH is 2. The van der Waals surface area contributed by atoms with Crippen LogP contribution in [0.2, 0.25) is 18.6 Å². The Hall–Kier alpha value is -3.96. The van der Waals surface area contributed by atoms with E-state index in [1.165, 1.54) is 0 Å². The van der Waals surface area contributed by atoms with Crippen LogP contribution in [0.1, 0.15) is 55.5 Å². The molecule has 4 heterocycles. The fourth-order valence-electron chi connectivity index (χ4n) is 9.11. The number of fused-ring (bicyclic) bond motifs is 3. The van der Waals surface area contributed by atoms with Crippen molar-refractivity contribution in [3.05, 3.63) is 93.7 Å². The largest absolute Gasteiger partial charge is 0.494 e. The normalized spacial score (nSPS) is 23.1. The molecule has 3 aliphatic rings. The molecule has 0 bridgehead atoms. The number of aliphatic hydroxyl groups is 2. The third kappa shape index (κ3) is 8.07. The van der Waals surface area contributed by atoms with Crippen molar-refractivity contribution in [3.8, 4) is 5.75 Å². The molecule has 4 N–H and O–H groups in total. The Balaban J connectivity index is 1.20. The van der Waals surface area contributed by atoms with Gasteiger partial charge >= 0.3 is 0 Å². The van der Waals surface area contributed by atoms with Crippen LogP contribution >= 0.6 is 15.9 Å². The second-order valence-electron chi connectivity index (χ2n) is 15.9. The topological polar surface area (TPSA) is 163 Å². The van der Waals surface area contributed by atoms with Crippen LogP contribution in [0.15, 0.2) is 71.3 Å². The van der Waals surface area contributed by atoms with E-state index in [0.717, 1.165) is 44.7 Å². The van der Waals surface area contributed by atoms with Crippen molar-refractivity contribution in [1.82, 2.24) is 20.3 Å². The lowest BCUT2D eigenvalue weighted by molar-refractivity contribution is -0.146. The third-order valence-electron chi connectivity index (χ3n) is 11.6. The second kappa shape index (κ2) is 17.1. The molecule has 1 fully saturated rings. The molecule has 3 aromatic carbocycles. The van der Waals surface area contributed by atoms with Gasteiger partial charge in [-0.15, -0.1) is 5.10 Å². The minimum absolute atomic E-state index is 0.0144. The molecule has 57 heavy (non-hydrogen) atoms. The first-order valence-corrected chi connectivity index (χ1v) is 23.8. The lowest BCUT2D eigenvalue weighted by Crippen LogP contribution is -2.49. The summed E-state index contributed by atoms with van der Waals surface area (Å²) < 4.78 is 15.4. The number of nitrogens with one attached hydrogen (secondary N) is 1. The van der Waals surface area contributed by atoms with Gasteiger partial charge in [0.05, 0.1) is 42.4 Å². The maximum Gasteiger partial charge on any atom is 0.264 e. The van der Waals surface area contributed by atoms with Gasteiger partial charge in [-0.1, -0.05) is 40.2 Å². The minimum atomic E-state index is -2.89. The number of aryl methyl sites for hydroxylation is 1. The highest BCUT2D eigenvalue weighted by Gasteiger charge is 2.66. The molecule has 0 aliphatic carbocycles. The Bertz CT molecular complexity index is 2090. The zero-order valence-electron chi connectivity index (χ0n) is 33.0. The highest BCUT2D eigenvalue weighted by Crippen LogP contribution is 2.60. The van der Waals surface area contributed by atoms with E-state index in [1.807, 2.05) is 93.8 Å². The van der Waals surface area contributed by atoms with Crippen LogP contribution in [0.25, 0.3) is 0 Å². The maximum atomic E-state index is 15.1. The number of benzene rings is 3. The summed E-state index contributed by atoms with van der Waals surface area (Å²) in [6.45, 7) is 9.74. The number of hydrogen-bond donors (Lipinski definition) is 4. The van der Waals surface area contributed by atoms with E-state index in [9.17, 15) is 19.8 Å². The van der Waals surface area contributed by atoms with Gasteiger partial charge in [0.25, 0.3) is 5.91 Å². The first kappa shape index (κ1) is 41.2. The van der Waals surface area contributed by atoms with Crippen molar-refractivity contribution in [2.45, 2.75) is 95.4 Å². The lowest BCUT2D eigenvalue weighted by Gasteiger charge is -2.35.